The van der Waals surface area contributed by atoms with Gasteiger partial charge in [-0.2, -0.15) is 28.1 Å². The van der Waals surface area contributed by atoms with E-state index >= 15 is 0 Å². The van der Waals surface area contributed by atoms with Gasteiger partial charge in [-0.15, -0.1) is 0 Å². The minimum Gasteiger partial charge on any atom is -0.197 e. The lowest BCUT2D eigenvalue weighted by atomic mass is 10.0. The molecule has 0 N–H and O–H groups in total. The third-order valence-electron chi connectivity index (χ3n) is 2.51. The fourth-order valence-electron chi connectivity index (χ4n) is 1.74. The van der Waals surface area contributed by atoms with Crippen LogP contribution in [0.1, 0.15) is 44.9 Å². The van der Waals surface area contributed by atoms with Gasteiger partial charge in [0.1, 0.15) is 0 Å². The summed E-state index contributed by atoms with van der Waals surface area (Å²) in [5.41, 5.74) is 0. The van der Waals surface area contributed by atoms with E-state index in [2.05, 4.69) is 28.1 Å². The van der Waals surface area contributed by atoms with Crippen LogP contribution < -0.4 is 0 Å². The van der Waals surface area contributed by atoms with Crippen molar-refractivity contribution >= 4 is 38.6 Å². The zero-order valence-electron chi connectivity index (χ0n) is 6.86. The van der Waals surface area contributed by atoms with Crippen molar-refractivity contribution in [1.82, 2.24) is 0 Å². The first kappa shape index (κ1) is 10.6. The first-order valence-corrected chi connectivity index (χ1v) is 11.6. The summed E-state index contributed by atoms with van der Waals surface area (Å²) in [6, 6.07) is 0. The van der Waals surface area contributed by atoms with Crippen molar-refractivity contribution < 1.29 is 0 Å². The van der Waals surface area contributed by atoms with Gasteiger partial charge in [0, 0.05) is 0 Å². The number of hydrogen-bond donors (Lipinski definition) is 0. The summed E-state index contributed by atoms with van der Waals surface area (Å²) in [6.45, 7) is 0. The number of halogens is 2. The van der Waals surface area contributed by atoms with Crippen molar-refractivity contribution in [3.05, 3.63) is 0 Å². The molecule has 11 heavy (non-hydrogen) atoms. The van der Waals surface area contributed by atoms with Crippen LogP contribution >= 0.6 is 28.1 Å². The summed E-state index contributed by atoms with van der Waals surface area (Å²) in [7, 11) is -0.676. The van der Waals surface area contributed by atoms with E-state index < -0.39 is 10.5 Å². The summed E-state index contributed by atoms with van der Waals surface area (Å²) in [4.78, 5) is 0. The highest BCUT2D eigenvalue weighted by atomic mass is 79.9. The van der Waals surface area contributed by atoms with Crippen molar-refractivity contribution in [2.45, 2.75) is 49.7 Å². The maximum atomic E-state index is 3.75. The van der Waals surface area contributed by atoms with E-state index in [-0.39, 0.29) is 0 Å². The Kier molecular flexibility index (Phi) is 5.79. The second-order valence-electron chi connectivity index (χ2n) is 3.44. The van der Waals surface area contributed by atoms with Crippen LogP contribution in [0.2, 0.25) is 4.78 Å². The highest BCUT2D eigenvalue weighted by Gasteiger charge is 2.23. The van der Waals surface area contributed by atoms with Crippen molar-refractivity contribution in [2.75, 3.05) is 0 Å². The van der Waals surface area contributed by atoms with Gasteiger partial charge < -0.3 is 0 Å². The smallest absolute Gasteiger partial charge is 0.197 e. The molecule has 0 radical (unpaired) electrons. The summed E-state index contributed by atoms with van der Waals surface area (Å²) < 4.78 is 1.01. The van der Waals surface area contributed by atoms with Crippen LogP contribution in [0.5, 0.6) is 0 Å². The highest BCUT2D eigenvalue weighted by Crippen LogP contribution is 2.33. The normalized spacial score (nSPS) is 22.4. The molecule has 1 saturated carbocycles. The van der Waals surface area contributed by atoms with E-state index in [1.165, 1.54) is 44.9 Å². The average molecular weight is 298 g/mol. The maximum absolute atomic E-state index is 3.75. The van der Waals surface area contributed by atoms with E-state index in [1.807, 2.05) is 0 Å². The van der Waals surface area contributed by atoms with E-state index in [9.17, 15) is 0 Å². The lowest BCUT2D eigenvalue weighted by molar-refractivity contribution is 0.503. The van der Waals surface area contributed by atoms with Crippen LogP contribution in [0.15, 0.2) is 0 Å². The Morgan fingerprint density at radius 1 is 0.818 bits per heavy atom. The molecule has 0 aromatic heterocycles. The molecule has 0 aromatic carbocycles. The Morgan fingerprint density at radius 3 is 1.73 bits per heavy atom. The molecule has 0 spiro atoms. The predicted octanol–water partition coefficient (Wildman–Crippen LogP) is 4.38. The Hall–Kier alpha value is 1.49. The van der Waals surface area contributed by atoms with Crippen molar-refractivity contribution in [2.24, 2.45) is 0 Å². The van der Waals surface area contributed by atoms with E-state index in [0.29, 0.717) is 0 Å². The highest BCUT2D eigenvalue weighted by molar-refractivity contribution is 9.49. The molecule has 0 aromatic rings. The molecule has 0 bridgehead atoms. The Bertz CT molecular complexity index is 98.3. The van der Waals surface area contributed by atoms with Crippen molar-refractivity contribution in [3.63, 3.8) is 0 Å². The van der Waals surface area contributed by atoms with Gasteiger partial charge in [-0.25, -0.2) is 0 Å². The number of hydrogen-bond acceptors (Lipinski definition) is 0. The van der Waals surface area contributed by atoms with Gasteiger partial charge in [0.15, 0.2) is 0 Å². The Morgan fingerprint density at radius 2 is 1.27 bits per heavy atom. The minimum atomic E-state index is -0.676. The first-order valence-electron chi connectivity index (χ1n) is 4.59. The Balaban J connectivity index is 2.26. The second kappa shape index (κ2) is 6.02. The quantitative estimate of drug-likeness (QED) is 0.630. The summed E-state index contributed by atoms with van der Waals surface area (Å²) >= 11 is 7.50. The van der Waals surface area contributed by atoms with Crippen LogP contribution in [0.25, 0.3) is 0 Å². The predicted molar refractivity (Wildman–Crippen MR) is 59.7 cm³/mol. The Labute approximate surface area is 87.8 Å². The molecule has 0 aliphatic heterocycles. The SMILES string of the molecule is [Br][Al]([Br])[CH]1CCCCCCC1. The molecule has 0 saturated heterocycles. The zero-order valence-corrected chi connectivity index (χ0v) is 11.2. The van der Waals surface area contributed by atoms with Gasteiger partial charge in [-0.3, -0.25) is 0 Å². The van der Waals surface area contributed by atoms with Crippen LogP contribution in [0, 0.1) is 0 Å². The lowest BCUT2D eigenvalue weighted by Crippen LogP contribution is -2.08. The van der Waals surface area contributed by atoms with Crippen molar-refractivity contribution in [1.29, 1.82) is 0 Å². The number of rotatable bonds is 1. The molecular formula is C8H15AlBr2. The molecule has 3 heteroatoms. The summed E-state index contributed by atoms with van der Waals surface area (Å²) in [5, 5.41) is 0. The molecule has 0 nitrogen and oxygen atoms in total. The van der Waals surface area contributed by atoms with Crippen LogP contribution in [-0.4, -0.2) is 10.5 Å². The van der Waals surface area contributed by atoms with E-state index in [1.54, 1.807) is 0 Å². The molecule has 1 aliphatic rings. The third kappa shape index (κ3) is 4.31. The van der Waals surface area contributed by atoms with E-state index in [4.69, 9.17) is 0 Å². The largest absolute Gasteiger partial charge is 0.459 e. The summed E-state index contributed by atoms with van der Waals surface area (Å²) in [6.07, 6.45) is 10.3. The van der Waals surface area contributed by atoms with Gasteiger partial charge >= 0.3 is 10.5 Å². The molecule has 1 rings (SSSR count). The van der Waals surface area contributed by atoms with Gasteiger partial charge in [-0.05, 0) is 0 Å². The minimum absolute atomic E-state index is 0.676. The van der Waals surface area contributed by atoms with Crippen molar-refractivity contribution in [3.8, 4) is 0 Å². The molecule has 1 fully saturated rings. The summed E-state index contributed by atoms with van der Waals surface area (Å²) in [5.74, 6) is 0. The fraction of sp³-hybridized carbons (Fsp3) is 1.00. The molecule has 0 atom stereocenters. The standard InChI is InChI=1S/C8H15.Al.2BrH/c1-2-4-6-8-7-5-3-1;;;/h1H,2-8H2;;2*1H/q;+2;;/p-2. The lowest BCUT2D eigenvalue weighted by Gasteiger charge is -2.18. The topological polar surface area (TPSA) is 0 Å². The molecule has 64 valence electrons. The van der Waals surface area contributed by atoms with E-state index in [0.717, 1.165) is 4.78 Å². The molecule has 0 amide bonds. The van der Waals surface area contributed by atoms with Gasteiger partial charge in [0.05, 0.1) is 0 Å². The monoisotopic (exact) mass is 296 g/mol. The first-order chi connectivity index (χ1) is 5.30. The third-order valence-corrected chi connectivity index (χ3v) is 8.37. The zero-order chi connectivity index (χ0) is 8.10. The second-order valence-corrected chi connectivity index (χ2v) is 14.7. The molecular weight excluding hydrogens is 283 g/mol. The van der Waals surface area contributed by atoms with Crippen LogP contribution in [-0.2, 0) is 0 Å². The van der Waals surface area contributed by atoms with Gasteiger partial charge in [-0.1, -0.05) is 49.7 Å². The van der Waals surface area contributed by atoms with Gasteiger partial charge in [0.25, 0.3) is 0 Å². The molecule has 0 unspecified atom stereocenters. The van der Waals surface area contributed by atoms with Gasteiger partial charge in [0.2, 0.25) is 0 Å². The molecule has 1 aliphatic carbocycles. The van der Waals surface area contributed by atoms with Crippen LogP contribution in [0.4, 0.5) is 0 Å². The fourth-order valence-corrected chi connectivity index (χ4v) is 5.89. The molecule has 0 heterocycles. The average Bonchev–Trinajstić information content (AvgIpc) is 1.84. The van der Waals surface area contributed by atoms with Crippen LogP contribution in [0.3, 0.4) is 0 Å². The maximum Gasteiger partial charge on any atom is 0.459 e.